The van der Waals surface area contributed by atoms with Gasteiger partial charge in [0.1, 0.15) is 13.0 Å². The average Bonchev–Trinajstić information content (AvgIpc) is 2.27. The van der Waals surface area contributed by atoms with E-state index in [0.717, 1.165) is 12.8 Å². The molecule has 0 saturated carbocycles. The van der Waals surface area contributed by atoms with Crippen LogP contribution in [0, 0.1) is 0 Å². The predicted molar refractivity (Wildman–Crippen MR) is 61.0 cm³/mol. The summed E-state index contributed by atoms with van der Waals surface area (Å²) in [6.45, 7) is 1.95. The maximum absolute atomic E-state index is 11.0. The number of ketones is 1. The van der Waals surface area contributed by atoms with Gasteiger partial charge in [-0.05, 0) is 6.42 Å². The van der Waals surface area contributed by atoms with Crippen LogP contribution in [0.1, 0.15) is 51.9 Å². The van der Waals surface area contributed by atoms with Gasteiger partial charge in [0.25, 0.3) is 0 Å². The number of aliphatic hydroxyl groups excluding tert-OH is 1. The molecule has 0 spiro atoms. The summed E-state index contributed by atoms with van der Waals surface area (Å²) in [5, 5.41) is 8.42. The largest absolute Gasteiger partial charge is 0.465 e. The van der Waals surface area contributed by atoms with Gasteiger partial charge in [-0.15, -0.1) is 0 Å². The Morgan fingerprint density at radius 3 is 2.31 bits per heavy atom. The normalized spacial score (nSPS) is 10.1. The molecule has 4 heteroatoms. The van der Waals surface area contributed by atoms with Crippen LogP contribution >= 0.6 is 0 Å². The van der Waals surface area contributed by atoms with E-state index in [2.05, 4.69) is 6.92 Å². The molecule has 0 aliphatic carbocycles. The summed E-state index contributed by atoms with van der Waals surface area (Å²) in [5.41, 5.74) is 0. The van der Waals surface area contributed by atoms with E-state index in [4.69, 9.17) is 9.84 Å². The van der Waals surface area contributed by atoms with Crippen LogP contribution in [0.2, 0.25) is 0 Å². The summed E-state index contributed by atoms with van der Waals surface area (Å²) in [6.07, 6.45) is 6.47. The Balaban J connectivity index is 3.24. The Hall–Kier alpha value is -0.900. The third-order valence-electron chi connectivity index (χ3n) is 2.28. The Kier molecular flexibility index (Phi) is 10.0. The van der Waals surface area contributed by atoms with Crippen molar-refractivity contribution >= 4 is 11.8 Å². The van der Waals surface area contributed by atoms with Crippen molar-refractivity contribution in [3.63, 3.8) is 0 Å². The Labute approximate surface area is 97.0 Å². The van der Waals surface area contributed by atoms with Crippen LogP contribution in [0.3, 0.4) is 0 Å². The molecule has 16 heavy (non-hydrogen) atoms. The number of aliphatic hydroxyl groups is 1. The van der Waals surface area contributed by atoms with Gasteiger partial charge in [-0.25, -0.2) is 0 Å². The molecule has 94 valence electrons. The highest BCUT2D eigenvalue weighted by atomic mass is 16.5. The SMILES string of the molecule is CCCCCCCCOC(=O)CC(=O)CO. The van der Waals surface area contributed by atoms with E-state index in [9.17, 15) is 9.59 Å². The molecule has 0 aliphatic rings. The van der Waals surface area contributed by atoms with E-state index >= 15 is 0 Å². The predicted octanol–water partition coefficient (Wildman–Crippen LogP) is 1.84. The first-order chi connectivity index (χ1) is 7.70. The van der Waals surface area contributed by atoms with Crippen LogP contribution in [-0.2, 0) is 14.3 Å². The highest BCUT2D eigenvalue weighted by Gasteiger charge is 2.08. The fourth-order valence-electron chi connectivity index (χ4n) is 1.34. The molecule has 0 aromatic carbocycles. The van der Waals surface area contributed by atoms with Gasteiger partial charge in [0.05, 0.1) is 6.61 Å². The van der Waals surface area contributed by atoms with E-state index in [-0.39, 0.29) is 6.42 Å². The molecule has 0 radical (unpaired) electrons. The van der Waals surface area contributed by atoms with Gasteiger partial charge < -0.3 is 9.84 Å². The number of carbonyl (C=O) groups excluding carboxylic acids is 2. The molecule has 0 aliphatic heterocycles. The lowest BCUT2D eigenvalue weighted by Gasteiger charge is -2.03. The smallest absolute Gasteiger partial charge is 0.313 e. The molecule has 0 aromatic heterocycles. The molecule has 0 aromatic rings. The molecule has 0 saturated heterocycles. The van der Waals surface area contributed by atoms with Crippen molar-refractivity contribution < 1.29 is 19.4 Å². The Bertz CT molecular complexity index is 201. The summed E-state index contributed by atoms with van der Waals surface area (Å²) >= 11 is 0. The minimum atomic E-state index is -0.591. The molecule has 0 bridgehead atoms. The van der Waals surface area contributed by atoms with Gasteiger partial charge in [-0.1, -0.05) is 39.0 Å². The molecule has 0 heterocycles. The van der Waals surface area contributed by atoms with Crippen molar-refractivity contribution in [2.24, 2.45) is 0 Å². The van der Waals surface area contributed by atoms with Gasteiger partial charge in [0, 0.05) is 0 Å². The minimum absolute atomic E-state index is 0.313. The van der Waals surface area contributed by atoms with Crippen molar-refractivity contribution in [3.05, 3.63) is 0 Å². The van der Waals surface area contributed by atoms with Crippen molar-refractivity contribution in [1.82, 2.24) is 0 Å². The summed E-state index contributed by atoms with van der Waals surface area (Å²) in [5.74, 6) is -1.03. The van der Waals surface area contributed by atoms with E-state index in [1.807, 2.05) is 0 Å². The fraction of sp³-hybridized carbons (Fsp3) is 0.833. The van der Waals surface area contributed by atoms with Crippen LogP contribution in [-0.4, -0.2) is 30.1 Å². The number of ether oxygens (including phenoxy) is 1. The zero-order valence-electron chi connectivity index (χ0n) is 10.0. The van der Waals surface area contributed by atoms with Crippen molar-refractivity contribution in [2.45, 2.75) is 51.9 Å². The monoisotopic (exact) mass is 230 g/mol. The zero-order chi connectivity index (χ0) is 12.2. The van der Waals surface area contributed by atoms with Gasteiger partial charge >= 0.3 is 5.97 Å². The molecule has 4 nitrogen and oxygen atoms in total. The fourth-order valence-corrected chi connectivity index (χ4v) is 1.34. The number of unbranched alkanes of at least 4 members (excludes halogenated alkanes) is 5. The zero-order valence-corrected chi connectivity index (χ0v) is 10.0. The van der Waals surface area contributed by atoms with Crippen molar-refractivity contribution in [3.8, 4) is 0 Å². The first-order valence-corrected chi connectivity index (χ1v) is 5.99. The lowest BCUT2D eigenvalue weighted by molar-refractivity contribution is -0.146. The third kappa shape index (κ3) is 9.65. The molecule has 0 atom stereocenters. The molecule has 0 unspecified atom stereocenters. The van der Waals surface area contributed by atoms with Crippen LogP contribution in [0.4, 0.5) is 0 Å². The van der Waals surface area contributed by atoms with Crippen molar-refractivity contribution in [2.75, 3.05) is 13.2 Å². The molecule has 0 fully saturated rings. The second kappa shape index (κ2) is 10.6. The van der Waals surface area contributed by atoms with E-state index in [1.54, 1.807) is 0 Å². The van der Waals surface area contributed by atoms with Gasteiger partial charge in [0.15, 0.2) is 5.78 Å². The number of rotatable bonds is 10. The average molecular weight is 230 g/mol. The summed E-state index contributed by atoms with van der Waals surface area (Å²) in [7, 11) is 0. The lowest BCUT2D eigenvalue weighted by atomic mass is 10.1. The van der Waals surface area contributed by atoms with E-state index in [1.165, 1.54) is 25.7 Å². The minimum Gasteiger partial charge on any atom is -0.465 e. The van der Waals surface area contributed by atoms with Crippen LogP contribution < -0.4 is 0 Å². The highest BCUT2D eigenvalue weighted by Crippen LogP contribution is 2.05. The van der Waals surface area contributed by atoms with Crippen molar-refractivity contribution in [1.29, 1.82) is 0 Å². The first kappa shape index (κ1) is 15.1. The topological polar surface area (TPSA) is 63.6 Å². The number of carbonyl (C=O) groups is 2. The van der Waals surface area contributed by atoms with Gasteiger partial charge in [-0.2, -0.15) is 0 Å². The summed E-state index contributed by atoms with van der Waals surface area (Å²) in [4.78, 5) is 21.7. The third-order valence-corrected chi connectivity index (χ3v) is 2.28. The molecule has 0 rings (SSSR count). The van der Waals surface area contributed by atoms with Crippen LogP contribution in [0.15, 0.2) is 0 Å². The second-order valence-corrected chi connectivity index (χ2v) is 3.86. The van der Waals surface area contributed by atoms with Gasteiger partial charge in [-0.3, -0.25) is 9.59 Å². The van der Waals surface area contributed by atoms with Gasteiger partial charge in [0.2, 0.25) is 0 Å². The Morgan fingerprint density at radius 2 is 1.69 bits per heavy atom. The van der Waals surface area contributed by atoms with Crippen LogP contribution in [0.5, 0.6) is 0 Å². The second-order valence-electron chi connectivity index (χ2n) is 3.86. The van der Waals surface area contributed by atoms with E-state index < -0.39 is 18.4 Å². The summed E-state index contributed by atoms with van der Waals surface area (Å²) in [6, 6.07) is 0. The maximum Gasteiger partial charge on any atom is 0.313 e. The number of Topliss-reactive ketones (excluding diaryl/α,β-unsaturated/α-hetero) is 1. The molecular weight excluding hydrogens is 208 g/mol. The number of hydrogen-bond donors (Lipinski definition) is 1. The molecule has 0 amide bonds. The highest BCUT2D eigenvalue weighted by molar-refractivity contribution is 5.96. The lowest BCUT2D eigenvalue weighted by Crippen LogP contribution is -2.14. The Morgan fingerprint density at radius 1 is 1.06 bits per heavy atom. The first-order valence-electron chi connectivity index (χ1n) is 5.99. The molecular formula is C12H22O4. The van der Waals surface area contributed by atoms with Crippen LogP contribution in [0.25, 0.3) is 0 Å². The summed E-state index contributed by atoms with van der Waals surface area (Å²) < 4.78 is 4.85. The van der Waals surface area contributed by atoms with E-state index in [0.29, 0.717) is 6.61 Å². The molecule has 1 N–H and O–H groups in total. The quantitative estimate of drug-likeness (QED) is 0.353. The number of esters is 1. The number of hydrogen-bond acceptors (Lipinski definition) is 4. The maximum atomic E-state index is 11.0. The standard InChI is InChI=1S/C12H22O4/c1-2-3-4-5-6-7-8-16-12(15)9-11(14)10-13/h13H,2-10H2,1H3.